The van der Waals surface area contributed by atoms with Crippen molar-refractivity contribution in [1.82, 2.24) is 0 Å². The molecule has 2 aromatic rings. The predicted molar refractivity (Wildman–Crippen MR) is 98.8 cm³/mol. The number of carbonyl (C=O) groups is 2. The fourth-order valence-electron chi connectivity index (χ4n) is 2.74. The summed E-state index contributed by atoms with van der Waals surface area (Å²) in [4.78, 5) is 26.5. The molecule has 0 radical (unpaired) electrons. The van der Waals surface area contributed by atoms with Gasteiger partial charge in [-0.3, -0.25) is 9.59 Å². The zero-order valence-electron chi connectivity index (χ0n) is 14.3. The van der Waals surface area contributed by atoms with E-state index < -0.39 is 11.8 Å². The maximum Gasteiger partial charge on any atom is 0.277 e. The summed E-state index contributed by atoms with van der Waals surface area (Å²) in [6.07, 6.45) is 0. The van der Waals surface area contributed by atoms with Crippen molar-refractivity contribution >= 4 is 34.7 Å². The highest BCUT2D eigenvalue weighted by Crippen LogP contribution is 2.35. The Morgan fingerprint density at radius 2 is 1.64 bits per heavy atom. The molecule has 1 aliphatic heterocycles. The standard InChI is InChI=1S/C20H18ClNO3/c1-4-25-16-9-6-14(7-10-16)17-18(21)20(24)22(19(17)23)15-8-5-12(2)13(3)11-15/h5-11H,4H2,1-3H3. The van der Waals surface area contributed by atoms with Gasteiger partial charge in [-0.25, -0.2) is 4.90 Å². The van der Waals surface area contributed by atoms with Crippen LogP contribution in [0.2, 0.25) is 0 Å². The van der Waals surface area contributed by atoms with Gasteiger partial charge in [0.1, 0.15) is 10.8 Å². The Labute approximate surface area is 151 Å². The molecule has 0 aliphatic carbocycles. The summed E-state index contributed by atoms with van der Waals surface area (Å²) in [5, 5.41) is -0.0626. The number of hydrogen-bond acceptors (Lipinski definition) is 3. The van der Waals surface area contributed by atoms with Crippen molar-refractivity contribution in [2.75, 3.05) is 11.5 Å². The van der Waals surface area contributed by atoms with E-state index in [-0.39, 0.29) is 10.6 Å². The van der Waals surface area contributed by atoms with Gasteiger partial charge >= 0.3 is 0 Å². The molecule has 0 saturated heterocycles. The predicted octanol–water partition coefficient (Wildman–Crippen LogP) is 4.23. The van der Waals surface area contributed by atoms with Gasteiger partial charge in [0.25, 0.3) is 11.8 Å². The molecule has 0 unspecified atom stereocenters. The number of nitrogens with zero attached hydrogens (tertiary/aromatic N) is 1. The topological polar surface area (TPSA) is 46.6 Å². The lowest BCUT2D eigenvalue weighted by molar-refractivity contribution is -0.119. The summed E-state index contributed by atoms with van der Waals surface area (Å²) in [7, 11) is 0. The number of aryl methyl sites for hydroxylation is 2. The number of imide groups is 1. The fraction of sp³-hybridized carbons (Fsp3) is 0.200. The van der Waals surface area contributed by atoms with Crippen molar-refractivity contribution in [3.8, 4) is 5.75 Å². The van der Waals surface area contributed by atoms with Gasteiger partial charge in [-0.2, -0.15) is 0 Å². The molecule has 0 bridgehead atoms. The van der Waals surface area contributed by atoms with Crippen LogP contribution >= 0.6 is 11.6 Å². The molecule has 128 valence electrons. The molecule has 0 saturated carbocycles. The van der Waals surface area contributed by atoms with Gasteiger partial charge in [0.15, 0.2) is 0 Å². The average Bonchev–Trinajstić information content (AvgIpc) is 2.81. The molecule has 3 rings (SSSR count). The summed E-state index contributed by atoms with van der Waals surface area (Å²) >= 11 is 6.21. The summed E-state index contributed by atoms with van der Waals surface area (Å²) in [6.45, 7) is 6.37. The molecule has 0 atom stereocenters. The van der Waals surface area contributed by atoms with E-state index in [0.29, 0.717) is 23.6 Å². The Balaban J connectivity index is 1.97. The van der Waals surface area contributed by atoms with Gasteiger partial charge < -0.3 is 4.74 Å². The normalized spacial score (nSPS) is 14.5. The first-order valence-corrected chi connectivity index (χ1v) is 8.41. The lowest BCUT2D eigenvalue weighted by atomic mass is 10.1. The summed E-state index contributed by atoms with van der Waals surface area (Å²) in [6, 6.07) is 12.4. The highest BCUT2D eigenvalue weighted by molar-refractivity contribution is 6.60. The molecule has 25 heavy (non-hydrogen) atoms. The van der Waals surface area contributed by atoms with Crippen LogP contribution in [0.15, 0.2) is 47.5 Å². The first-order chi connectivity index (χ1) is 11.9. The van der Waals surface area contributed by atoms with Gasteiger partial charge in [-0.1, -0.05) is 29.8 Å². The molecule has 0 spiro atoms. The van der Waals surface area contributed by atoms with Crippen molar-refractivity contribution in [3.05, 3.63) is 64.2 Å². The molecule has 0 fully saturated rings. The Kier molecular flexibility index (Phi) is 4.64. The first kappa shape index (κ1) is 17.2. The third-order valence-corrected chi connectivity index (χ3v) is 4.58. The number of benzene rings is 2. The molecule has 1 heterocycles. The van der Waals surface area contributed by atoms with Crippen molar-refractivity contribution in [1.29, 1.82) is 0 Å². The molecule has 4 nitrogen and oxygen atoms in total. The summed E-state index contributed by atoms with van der Waals surface area (Å²) in [5.41, 5.74) is 3.43. The molecule has 2 amide bonds. The lowest BCUT2D eigenvalue weighted by Crippen LogP contribution is -2.31. The van der Waals surface area contributed by atoms with E-state index >= 15 is 0 Å². The molecular formula is C20H18ClNO3. The van der Waals surface area contributed by atoms with E-state index in [0.717, 1.165) is 16.0 Å². The highest BCUT2D eigenvalue weighted by Gasteiger charge is 2.39. The van der Waals surface area contributed by atoms with Crippen LogP contribution in [-0.2, 0) is 9.59 Å². The van der Waals surface area contributed by atoms with Crippen LogP contribution in [0.3, 0.4) is 0 Å². The smallest absolute Gasteiger partial charge is 0.277 e. The quantitative estimate of drug-likeness (QED) is 0.771. The van der Waals surface area contributed by atoms with Crippen molar-refractivity contribution in [3.63, 3.8) is 0 Å². The Morgan fingerprint density at radius 3 is 2.24 bits per heavy atom. The first-order valence-electron chi connectivity index (χ1n) is 8.03. The van der Waals surface area contributed by atoms with Crippen LogP contribution in [0, 0.1) is 13.8 Å². The van der Waals surface area contributed by atoms with E-state index in [9.17, 15) is 9.59 Å². The number of hydrogen-bond donors (Lipinski definition) is 0. The van der Waals surface area contributed by atoms with Crippen LogP contribution in [0.25, 0.3) is 5.57 Å². The van der Waals surface area contributed by atoms with Crippen molar-refractivity contribution < 1.29 is 14.3 Å². The van der Waals surface area contributed by atoms with Crippen molar-refractivity contribution in [2.24, 2.45) is 0 Å². The number of carbonyl (C=O) groups excluding carboxylic acids is 2. The van der Waals surface area contributed by atoms with Gasteiger partial charge in [0.05, 0.1) is 17.9 Å². The Hall–Kier alpha value is -2.59. The average molecular weight is 356 g/mol. The minimum Gasteiger partial charge on any atom is -0.494 e. The third kappa shape index (κ3) is 3.05. The Morgan fingerprint density at radius 1 is 0.960 bits per heavy atom. The Bertz CT molecular complexity index is 884. The zero-order chi connectivity index (χ0) is 18.1. The maximum atomic E-state index is 12.9. The second-order valence-electron chi connectivity index (χ2n) is 5.86. The van der Waals surface area contributed by atoms with E-state index in [1.165, 1.54) is 0 Å². The van der Waals surface area contributed by atoms with E-state index in [2.05, 4.69) is 0 Å². The van der Waals surface area contributed by atoms with Crippen LogP contribution in [0.1, 0.15) is 23.6 Å². The maximum absolute atomic E-state index is 12.9. The number of amides is 2. The number of ether oxygens (including phenoxy) is 1. The van der Waals surface area contributed by atoms with Gasteiger partial charge in [-0.05, 0) is 61.7 Å². The molecule has 5 heteroatoms. The largest absolute Gasteiger partial charge is 0.494 e. The minimum absolute atomic E-state index is 0.0626. The minimum atomic E-state index is -0.501. The monoisotopic (exact) mass is 355 g/mol. The van der Waals surface area contributed by atoms with Gasteiger partial charge in [0, 0.05) is 0 Å². The number of halogens is 1. The zero-order valence-corrected chi connectivity index (χ0v) is 15.1. The van der Waals surface area contributed by atoms with Gasteiger partial charge in [0.2, 0.25) is 0 Å². The number of anilines is 1. The molecule has 1 aliphatic rings. The lowest BCUT2D eigenvalue weighted by Gasteiger charge is -2.16. The van der Waals surface area contributed by atoms with E-state index in [1.54, 1.807) is 30.3 Å². The second-order valence-corrected chi connectivity index (χ2v) is 6.24. The third-order valence-electron chi connectivity index (χ3n) is 4.23. The molecule has 0 N–H and O–H groups in total. The molecule has 2 aromatic carbocycles. The van der Waals surface area contributed by atoms with E-state index in [1.807, 2.05) is 32.9 Å². The second kappa shape index (κ2) is 6.73. The van der Waals surface area contributed by atoms with Crippen LogP contribution in [-0.4, -0.2) is 18.4 Å². The molecule has 0 aromatic heterocycles. The van der Waals surface area contributed by atoms with Gasteiger partial charge in [-0.15, -0.1) is 0 Å². The summed E-state index contributed by atoms with van der Waals surface area (Å²) < 4.78 is 5.40. The molecular weight excluding hydrogens is 338 g/mol. The summed E-state index contributed by atoms with van der Waals surface area (Å²) in [5.74, 6) is -0.216. The highest BCUT2D eigenvalue weighted by atomic mass is 35.5. The van der Waals surface area contributed by atoms with E-state index in [4.69, 9.17) is 16.3 Å². The van der Waals surface area contributed by atoms with Crippen LogP contribution in [0.4, 0.5) is 5.69 Å². The van der Waals surface area contributed by atoms with Crippen molar-refractivity contribution in [2.45, 2.75) is 20.8 Å². The SMILES string of the molecule is CCOc1ccc(C2=C(Cl)C(=O)N(c3ccc(C)c(C)c3)C2=O)cc1. The van der Waals surface area contributed by atoms with Crippen LogP contribution < -0.4 is 9.64 Å². The number of rotatable bonds is 4. The van der Waals surface area contributed by atoms with Crippen LogP contribution in [0.5, 0.6) is 5.75 Å². The fourth-order valence-corrected chi connectivity index (χ4v) is 3.01.